The van der Waals surface area contributed by atoms with Gasteiger partial charge in [-0.05, 0) is 48.4 Å². The highest BCUT2D eigenvalue weighted by atomic mass is 32.5. The van der Waals surface area contributed by atoms with Crippen LogP contribution in [0.2, 0.25) is 0 Å². The second-order valence-electron chi connectivity index (χ2n) is 11.7. The van der Waals surface area contributed by atoms with E-state index in [-0.39, 0.29) is 5.92 Å². The summed E-state index contributed by atoms with van der Waals surface area (Å²) in [5.74, 6) is -0.136. The van der Waals surface area contributed by atoms with Crippen LogP contribution in [0.1, 0.15) is 110 Å². The van der Waals surface area contributed by atoms with Crippen LogP contribution in [0.25, 0.3) is 0 Å². The Hall–Kier alpha value is -1.79. The maximum Gasteiger partial charge on any atom is 0.310 e. The van der Waals surface area contributed by atoms with Gasteiger partial charge in [0.2, 0.25) is 0 Å². The quantitative estimate of drug-likeness (QED) is 0.377. The van der Waals surface area contributed by atoms with Crippen molar-refractivity contribution in [2.24, 2.45) is 5.41 Å². The monoisotopic (exact) mass is 561 g/mol. The van der Waals surface area contributed by atoms with Crippen LogP contribution in [0.4, 0.5) is 19.4 Å². The molecule has 2 N–H and O–H groups in total. The van der Waals surface area contributed by atoms with E-state index < -0.39 is 44.4 Å². The Morgan fingerprint density at radius 2 is 1.58 bits per heavy atom. The van der Waals surface area contributed by atoms with E-state index in [2.05, 4.69) is 0 Å². The molecule has 210 valence electrons. The van der Waals surface area contributed by atoms with Crippen molar-refractivity contribution in [3.8, 4) is 0 Å². The summed E-state index contributed by atoms with van der Waals surface area (Å²) in [7, 11) is -9.83. The van der Waals surface area contributed by atoms with Gasteiger partial charge < -0.3 is 19.7 Å². The molecular formula is C27H32F5NO4S. The molecule has 0 radical (unpaired) electrons. The summed E-state index contributed by atoms with van der Waals surface area (Å²) < 4.78 is 79.3. The summed E-state index contributed by atoms with van der Waals surface area (Å²) in [5.41, 5.74) is 1.99. The number of nitrogens with zero attached hydrogens (tertiary/aromatic N) is 1. The van der Waals surface area contributed by atoms with E-state index in [1.54, 1.807) is 0 Å². The van der Waals surface area contributed by atoms with Gasteiger partial charge in [0.1, 0.15) is 17.1 Å². The third kappa shape index (κ3) is 3.91. The third-order valence-electron chi connectivity index (χ3n) is 8.99. The van der Waals surface area contributed by atoms with E-state index in [1.165, 1.54) is 0 Å². The highest BCUT2D eigenvalue weighted by Gasteiger charge is 2.65. The Bertz CT molecular complexity index is 1290. The average Bonchev–Trinajstić information content (AvgIpc) is 3.12. The molecule has 2 fully saturated rings. The Kier molecular flexibility index (Phi) is 5.35. The molecule has 1 saturated heterocycles. The molecule has 2 aliphatic carbocycles. The van der Waals surface area contributed by atoms with Gasteiger partial charge in [-0.25, -0.2) is 0 Å². The molecule has 2 spiro atoms. The van der Waals surface area contributed by atoms with E-state index in [9.17, 15) is 29.6 Å². The zero-order chi connectivity index (χ0) is 27.4. The van der Waals surface area contributed by atoms with Crippen LogP contribution in [0, 0.1) is 5.41 Å². The summed E-state index contributed by atoms with van der Waals surface area (Å²) in [4.78, 5) is 2.96. The molecule has 3 atom stereocenters. The summed E-state index contributed by atoms with van der Waals surface area (Å²) in [6, 6.07) is 2.90. The standard InChI is InChI=1S/C27H32F5NO4S/c1-15(2)22-20-21(19-18(34)14-26(8-3-9-26)25(35)23(19)33-22)27(10-12-36-13-11-27)37-24(20)16-4-6-17(7-5-16)38(28,29,30,31)32/h4-7,15,18,24-25,34-35H,3,8-14H2,1-2H3/t18-,24+,25-/m0/s1. The number of hydrogen-bond acceptors (Lipinski definition) is 5. The van der Waals surface area contributed by atoms with Crippen LogP contribution in [-0.2, 0) is 15.1 Å². The predicted molar refractivity (Wildman–Crippen MR) is 132 cm³/mol. The molecule has 1 saturated carbocycles. The number of aliphatic hydroxyl groups is 2. The van der Waals surface area contributed by atoms with Crippen molar-refractivity contribution < 1.29 is 39.1 Å². The first-order chi connectivity index (χ1) is 17.6. The lowest BCUT2D eigenvalue weighted by molar-refractivity contribution is -0.124. The lowest BCUT2D eigenvalue weighted by Crippen LogP contribution is -2.43. The number of ether oxygens (including phenoxy) is 2. The first kappa shape index (κ1) is 26.4. The molecule has 5 nitrogen and oxygen atoms in total. The molecule has 3 heterocycles. The van der Waals surface area contributed by atoms with E-state index >= 15 is 0 Å². The normalized spacial score (nSPS) is 29.5. The molecule has 2 aliphatic heterocycles. The molecule has 2 aromatic rings. The molecule has 11 heteroatoms. The van der Waals surface area contributed by atoms with Crippen LogP contribution in [0.5, 0.6) is 0 Å². The summed E-state index contributed by atoms with van der Waals surface area (Å²) >= 11 is 0. The number of aromatic nitrogens is 1. The van der Waals surface area contributed by atoms with Crippen LogP contribution < -0.4 is 0 Å². The van der Waals surface area contributed by atoms with Crippen LogP contribution >= 0.6 is 10.2 Å². The van der Waals surface area contributed by atoms with Gasteiger partial charge in [-0.1, -0.05) is 51.8 Å². The van der Waals surface area contributed by atoms with Crippen molar-refractivity contribution in [3.63, 3.8) is 0 Å². The number of rotatable bonds is 3. The molecule has 0 unspecified atom stereocenters. The average molecular weight is 562 g/mol. The predicted octanol–water partition coefficient (Wildman–Crippen LogP) is 7.63. The summed E-state index contributed by atoms with van der Waals surface area (Å²) in [6.07, 6.45) is 1.28. The smallest absolute Gasteiger partial charge is 0.310 e. The van der Waals surface area contributed by atoms with Gasteiger partial charge in [-0.3, -0.25) is 4.98 Å². The zero-order valence-corrected chi connectivity index (χ0v) is 22.0. The van der Waals surface area contributed by atoms with Gasteiger partial charge in [-0.2, -0.15) is 0 Å². The minimum Gasteiger partial charge on any atom is -0.388 e. The second kappa shape index (κ2) is 7.69. The maximum absolute atomic E-state index is 13.4. The molecule has 4 aliphatic rings. The highest BCUT2D eigenvalue weighted by molar-refractivity contribution is 8.45. The number of benzene rings is 1. The summed E-state index contributed by atoms with van der Waals surface area (Å²) in [6.45, 7) is 4.63. The first-order valence-corrected chi connectivity index (χ1v) is 15.0. The van der Waals surface area contributed by atoms with Gasteiger partial charge in [-0.15, -0.1) is 0 Å². The number of halogens is 5. The van der Waals surface area contributed by atoms with Crippen LogP contribution in [0.15, 0.2) is 29.2 Å². The molecule has 1 aromatic heterocycles. The van der Waals surface area contributed by atoms with Crippen molar-refractivity contribution in [1.82, 2.24) is 4.98 Å². The van der Waals surface area contributed by atoms with Crippen molar-refractivity contribution in [2.75, 3.05) is 13.2 Å². The van der Waals surface area contributed by atoms with E-state index in [1.807, 2.05) is 13.8 Å². The van der Waals surface area contributed by atoms with Crippen molar-refractivity contribution in [3.05, 3.63) is 57.9 Å². The van der Waals surface area contributed by atoms with Gasteiger partial charge in [0.15, 0.2) is 0 Å². The lowest BCUT2D eigenvalue weighted by atomic mass is 9.57. The molecular weight excluding hydrogens is 529 g/mol. The number of aliphatic hydroxyl groups excluding tert-OH is 2. The van der Waals surface area contributed by atoms with Gasteiger partial charge in [0.25, 0.3) is 0 Å². The first-order valence-electron chi connectivity index (χ1n) is 13.1. The Balaban J connectivity index is 1.57. The molecule has 6 rings (SSSR count). The van der Waals surface area contributed by atoms with Crippen molar-refractivity contribution in [2.45, 2.75) is 87.1 Å². The zero-order valence-electron chi connectivity index (χ0n) is 21.2. The van der Waals surface area contributed by atoms with Crippen molar-refractivity contribution >= 4 is 10.2 Å². The fourth-order valence-electron chi connectivity index (χ4n) is 6.94. The van der Waals surface area contributed by atoms with Gasteiger partial charge in [0, 0.05) is 48.3 Å². The Morgan fingerprint density at radius 3 is 2.11 bits per heavy atom. The van der Waals surface area contributed by atoms with Crippen LogP contribution in [-0.4, -0.2) is 28.4 Å². The topological polar surface area (TPSA) is 71.8 Å². The SMILES string of the molecule is CC(C)c1nc2c(c3c1[C@@H](c1ccc(S(F)(F)(F)(F)F)cc1)OC31CCOCC1)[C@@H](O)CC1(CCC1)[C@H]2O. The van der Waals surface area contributed by atoms with Crippen LogP contribution in [0.3, 0.4) is 0 Å². The van der Waals surface area contributed by atoms with Gasteiger partial charge >= 0.3 is 10.2 Å². The number of fused-ring (bicyclic) bond motifs is 4. The minimum absolute atomic E-state index is 0.136. The second-order valence-corrected chi connectivity index (χ2v) is 14.1. The number of hydrogen-bond donors (Lipinski definition) is 2. The minimum atomic E-state index is -9.83. The van der Waals surface area contributed by atoms with Crippen molar-refractivity contribution in [1.29, 1.82) is 0 Å². The third-order valence-corrected chi connectivity index (χ3v) is 10.2. The highest BCUT2D eigenvalue weighted by Crippen LogP contribution is 3.02. The number of pyridine rings is 1. The van der Waals surface area contributed by atoms with E-state index in [0.29, 0.717) is 72.7 Å². The summed E-state index contributed by atoms with van der Waals surface area (Å²) in [5, 5.41) is 23.0. The van der Waals surface area contributed by atoms with Gasteiger partial charge in [0.05, 0.1) is 17.4 Å². The maximum atomic E-state index is 13.4. The molecule has 0 bridgehead atoms. The fraction of sp³-hybridized carbons (Fsp3) is 0.593. The molecule has 1 aromatic carbocycles. The largest absolute Gasteiger partial charge is 0.388 e. The lowest BCUT2D eigenvalue weighted by Gasteiger charge is -2.51. The Labute approximate surface area is 218 Å². The Morgan fingerprint density at radius 1 is 0.947 bits per heavy atom. The molecule has 38 heavy (non-hydrogen) atoms. The van der Waals surface area contributed by atoms with E-state index in [4.69, 9.17) is 14.5 Å². The van der Waals surface area contributed by atoms with E-state index in [0.717, 1.165) is 37.0 Å². The fourth-order valence-corrected chi connectivity index (χ4v) is 7.59. The molecule has 0 amide bonds.